The van der Waals surface area contributed by atoms with Crippen molar-refractivity contribution in [2.24, 2.45) is 0 Å². The number of nitrogens with zero attached hydrogens (tertiary/aromatic N) is 2. The van der Waals surface area contributed by atoms with Crippen LogP contribution in [0.1, 0.15) is 11.1 Å². The molecule has 0 aliphatic heterocycles. The molecule has 2 rings (SSSR count). The molecule has 0 spiro atoms. The van der Waals surface area contributed by atoms with Crippen LogP contribution in [0.5, 0.6) is 5.75 Å². The maximum Gasteiger partial charge on any atom is 0.277 e. The van der Waals surface area contributed by atoms with Crippen molar-refractivity contribution in [3.8, 4) is 11.8 Å². The molecule has 0 heterocycles. The first-order chi connectivity index (χ1) is 10.0. The van der Waals surface area contributed by atoms with Gasteiger partial charge < -0.3 is 4.74 Å². The smallest absolute Gasteiger partial charge is 0.277 e. The average Bonchev–Trinajstić information content (AvgIpc) is 2.45. The fourth-order valence-electron chi connectivity index (χ4n) is 1.69. The summed E-state index contributed by atoms with van der Waals surface area (Å²) in [7, 11) is 0. The third kappa shape index (κ3) is 3.27. The summed E-state index contributed by atoms with van der Waals surface area (Å²) in [5.74, 6) is -0.565. The molecule has 2 aromatic rings. The van der Waals surface area contributed by atoms with Crippen LogP contribution in [-0.4, -0.2) is 4.92 Å². The minimum absolute atomic E-state index is 0.105. The number of nitriles is 1. The van der Waals surface area contributed by atoms with E-state index < -0.39 is 10.7 Å². The summed E-state index contributed by atoms with van der Waals surface area (Å²) in [6, 6.07) is 9.69. The minimum atomic E-state index is -0.719. The normalized spacial score (nSPS) is 9.95. The number of ether oxygens (including phenoxy) is 1. The van der Waals surface area contributed by atoms with E-state index in [2.05, 4.69) is 0 Å². The lowest BCUT2D eigenvalue weighted by atomic mass is 10.2. The number of nitro benzene ring substituents is 1. The maximum absolute atomic E-state index is 13.4. The van der Waals surface area contributed by atoms with Crippen LogP contribution in [0, 0.1) is 27.3 Å². The Kier molecular flexibility index (Phi) is 4.36. The number of hydrogen-bond acceptors (Lipinski definition) is 4. The molecule has 0 amide bonds. The Balaban J connectivity index is 2.23. The molecule has 0 saturated carbocycles. The Labute approximate surface area is 124 Å². The number of nitro groups is 1. The van der Waals surface area contributed by atoms with E-state index in [9.17, 15) is 14.5 Å². The van der Waals surface area contributed by atoms with E-state index in [1.54, 1.807) is 6.07 Å². The fourth-order valence-corrected chi connectivity index (χ4v) is 1.92. The standard InChI is InChI=1S/C14H8ClFN2O3/c15-12-2-1-3-14(18(19)20)11(12)8-21-10-5-4-9(7-17)13(16)6-10/h1-6H,8H2. The van der Waals surface area contributed by atoms with Crippen molar-refractivity contribution in [2.75, 3.05) is 0 Å². The topological polar surface area (TPSA) is 76.2 Å². The summed E-state index contributed by atoms with van der Waals surface area (Å²) >= 11 is 5.92. The molecule has 0 radical (unpaired) electrons. The zero-order chi connectivity index (χ0) is 15.4. The molecule has 0 saturated heterocycles. The van der Waals surface area contributed by atoms with E-state index >= 15 is 0 Å². The van der Waals surface area contributed by atoms with Gasteiger partial charge in [-0.15, -0.1) is 0 Å². The lowest BCUT2D eigenvalue weighted by molar-refractivity contribution is -0.385. The maximum atomic E-state index is 13.4. The van der Waals surface area contributed by atoms with Gasteiger partial charge in [-0.05, 0) is 18.2 Å². The summed E-state index contributed by atoms with van der Waals surface area (Å²) in [6.07, 6.45) is 0. The van der Waals surface area contributed by atoms with Crippen molar-refractivity contribution in [2.45, 2.75) is 6.61 Å². The van der Waals surface area contributed by atoms with Crippen molar-refractivity contribution in [1.82, 2.24) is 0 Å². The molecule has 0 aromatic heterocycles. The van der Waals surface area contributed by atoms with Crippen LogP contribution < -0.4 is 4.74 Å². The molecule has 0 unspecified atom stereocenters. The van der Waals surface area contributed by atoms with Crippen molar-refractivity contribution in [3.63, 3.8) is 0 Å². The van der Waals surface area contributed by atoms with Gasteiger partial charge in [0, 0.05) is 12.1 Å². The van der Waals surface area contributed by atoms with Crippen LogP contribution in [0.25, 0.3) is 0 Å². The summed E-state index contributed by atoms with van der Waals surface area (Å²) in [5.41, 5.74) is -0.0726. The van der Waals surface area contributed by atoms with Crippen molar-refractivity contribution >= 4 is 17.3 Å². The van der Waals surface area contributed by atoms with Gasteiger partial charge in [0.2, 0.25) is 0 Å². The van der Waals surface area contributed by atoms with E-state index in [4.69, 9.17) is 21.6 Å². The van der Waals surface area contributed by atoms with Crippen LogP contribution in [0.15, 0.2) is 36.4 Å². The van der Waals surface area contributed by atoms with Gasteiger partial charge in [-0.1, -0.05) is 17.7 Å². The zero-order valence-electron chi connectivity index (χ0n) is 10.5. The Morgan fingerprint density at radius 1 is 1.38 bits per heavy atom. The van der Waals surface area contributed by atoms with Crippen molar-refractivity contribution in [3.05, 3.63) is 68.5 Å². The summed E-state index contributed by atoms with van der Waals surface area (Å²) in [6.45, 7) is -0.179. The molecule has 106 valence electrons. The molecular weight excluding hydrogens is 299 g/mol. The van der Waals surface area contributed by atoms with Crippen LogP contribution in [0.2, 0.25) is 5.02 Å². The molecule has 7 heteroatoms. The molecular formula is C14H8ClFN2O3. The van der Waals surface area contributed by atoms with Gasteiger partial charge >= 0.3 is 0 Å². The molecule has 0 N–H and O–H groups in total. The quantitative estimate of drug-likeness (QED) is 0.635. The highest BCUT2D eigenvalue weighted by Crippen LogP contribution is 2.28. The first-order valence-corrected chi connectivity index (χ1v) is 6.15. The average molecular weight is 307 g/mol. The van der Waals surface area contributed by atoms with Crippen molar-refractivity contribution < 1.29 is 14.1 Å². The van der Waals surface area contributed by atoms with E-state index in [0.29, 0.717) is 0 Å². The van der Waals surface area contributed by atoms with E-state index in [1.165, 1.54) is 30.3 Å². The Hall–Kier alpha value is -2.65. The Morgan fingerprint density at radius 2 is 2.14 bits per heavy atom. The summed E-state index contributed by atoms with van der Waals surface area (Å²) in [5, 5.41) is 19.7. The zero-order valence-corrected chi connectivity index (χ0v) is 11.3. The number of hydrogen-bond donors (Lipinski definition) is 0. The SMILES string of the molecule is N#Cc1ccc(OCc2c(Cl)cccc2[N+](=O)[O-])cc1F. The first-order valence-electron chi connectivity index (χ1n) is 5.77. The monoisotopic (exact) mass is 306 g/mol. The molecule has 0 aliphatic carbocycles. The summed E-state index contributed by atoms with van der Waals surface area (Å²) in [4.78, 5) is 10.4. The van der Waals surface area contributed by atoms with Gasteiger partial charge in [0.25, 0.3) is 5.69 Å². The largest absolute Gasteiger partial charge is 0.488 e. The minimum Gasteiger partial charge on any atom is -0.488 e. The molecule has 2 aromatic carbocycles. The molecule has 5 nitrogen and oxygen atoms in total. The third-order valence-corrected chi connectivity index (χ3v) is 3.09. The highest BCUT2D eigenvalue weighted by molar-refractivity contribution is 6.31. The van der Waals surface area contributed by atoms with Crippen LogP contribution in [0.3, 0.4) is 0 Å². The highest BCUT2D eigenvalue weighted by Gasteiger charge is 2.17. The van der Waals surface area contributed by atoms with Gasteiger partial charge in [-0.2, -0.15) is 5.26 Å². The number of halogens is 2. The number of rotatable bonds is 4. The highest BCUT2D eigenvalue weighted by atomic mass is 35.5. The Bertz CT molecular complexity index is 743. The molecule has 21 heavy (non-hydrogen) atoms. The van der Waals surface area contributed by atoms with Gasteiger partial charge in [0.1, 0.15) is 24.2 Å². The molecule has 0 aliphatic rings. The van der Waals surface area contributed by atoms with Crippen LogP contribution in [0.4, 0.5) is 10.1 Å². The number of benzene rings is 2. The van der Waals surface area contributed by atoms with E-state index in [-0.39, 0.29) is 34.2 Å². The molecule has 0 bridgehead atoms. The van der Waals surface area contributed by atoms with Crippen LogP contribution >= 0.6 is 11.6 Å². The third-order valence-electron chi connectivity index (χ3n) is 2.73. The predicted octanol–water partition coefficient (Wildman–Crippen LogP) is 3.84. The first kappa shape index (κ1) is 14.8. The van der Waals surface area contributed by atoms with Gasteiger partial charge in [0.15, 0.2) is 0 Å². The van der Waals surface area contributed by atoms with Crippen molar-refractivity contribution in [1.29, 1.82) is 5.26 Å². The second-order valence-corrected chi connectivity index (χ2v) is 4.44. The fraction of sp³-hybridized carbons (Fsp3) is 0.0714. The Morgan fingerprint density at radius 3 is 2.76 bits per heavy atom. The molecule has 0 fully saturated rings. The predicted molar refractivity (Wildman–Crippen MR) is 73.6 cm³/mol. The van der Waals surface area contributed by atoms with Gasteiger partial charge in [-0.3, -0.25) is 10.1 Å². The van der Waals surface area contributed by atoms with Crippen LogP contribution in [-0.2, 0) is 6.61 Å². The van der Waals surface area contributed by atoms with Gasteiger partial charge in [0.05, 0.1) is 21.1 Å². The second kappa shape index (κ2) is 6.20. The lowest BCUT2D eigenvalue weighted by Crippen LogP contribution is -2.02. The molecule has 0 atom stereocenters. The van der Waals surface area contributed by atoms with E-state index in [0.717, 1.165) is 6.07 Å². The lowest BCUT2D eigenvalue weighted by Gasteiger charge is -2.08. The summed E-state index contributed by atoms with van der Waals surface area (Å²) < 4.78 is 18.7. The van der Waals surface area contributed by atoms with Gasteiger partial charge in [-0.25, -0.2) is 4.39 Å². The second-order valence-electron chi connectivity index (χ2n) is 4.04. The van der Waals surface area contributed by atoms with E-state index in [1.807, 2.05) is 0 Å².